The third-order valence-electron chi connectivity index (χ3n) is 2.83. The fraction of sp³-hybridized carbons (Fsp3) is 0.214. The van der Waals surface area contributed by atoms with Gasteiger partial charge < -0.3 is 9.88 Å². The molecule has 0 unspecified atom stereocenters. The van der Waals surface area contributed by atoms with Crippen LogP contribution in [0.5, 0.6) is 0 Å². The molecule has 1 N–H and O–H groups in total. The summed E-state index contributed by atoms with van der Waals surface area (Å²) >= 11 is 0. The third kappa shape index (κ3) is 2.23. The summed E-state index contributed by atoms with van der Waals surface area (Å²) in [6, 6.07) is 7.82. The van der Waals surface area contributed by atoms with E-state index in [9.17, 15) is 4.79 Å². The first-order chi connectivity index (χ1) is 8.24. The molecule has 1 aromatic heterocycles. The molecule has 3 heteroatoms. The minimum Gasteiger partial charge on any atom is -0.360 e. The van der Waals surface area contributed by atoms with Gasteiger partial charge in [-0.25, -0.2) is 0 Å². The Balaban J connectivity index is 2.27. The highest BCUT2D eigenvalue weighted by Gasteiger charge is 2.14. The Morgan fingerprint density at radius 3 is 3.00 bits per heavy atom. The number of nitrogens with one attached hydrogen (secondary N) is 1. The van der Waals surface area contributed by atoms with E-state index in [0.29, 0.717) is 6.54 Å². The summed E-state index contributed by atoms with van der Waals surface area (Å²) < 4.78 is 0. The van der Waals surface area contributed by atoms with Gasteiger partial charge in [0.25, 0.3) is 5.91 Å². The fourth-order valence-corrected chi connectivity index (χ4v) is 1.84. The van der Waals surface area contributed by atoms with Gasteiger partial charge >= 0.3 is 0 Å². The Kier molecular flexibility index (Phi) is 3.28. The van der Waals surface area contributed by atoms with Gasteiger partial charge in [0.15, 0.2) is 0 Å². The summed E-state index contributed by atoms with van der Waals surface area (Å²) in [5.41, 5.74) is 1.72. The molecule has 2 rings (SSSR count). The van der Waals surface area contributed by atoms with Crippen molar-refractivity contribution in [3.05, 3.63) is 48.7 Å². The van der Waals surface area contributed by atoms with Gasteiger partial charge in [-0.3, -0.25) is 4.79 Å². The van der Waals surface area contributed by atoms with Crippen LogP contribution in [-0.4, -0.2) is 29.4 Å². The number of carbonyl (C=O) groups excluding carboxylic acids is 1. The van der Waals surface area contributed by atoms with Crippen molar-refractivity contribution < 1.29 is 4.79 Å². The predicted molar refractivity (Wildman–Crippen MR) is 70.1 cm³/mol. The Hall–Kier alpha value is -2.03. The minimum atomic E-state index is 0.0456. The molecule has 0 atom stereocenters. The SMILES string of the molecule is C=CCCN(C)C(=O)c1c[nH]c2ccccc12. The van der Waals surface area contributed by atoms with E-state index in [4.69, 9.17) is 0 Å². The number of H-pyrrole nitrogens is 1. The Morgan fingerprint density at radius 2 is 2.24 bits per heavy atom. The van der Waals surface area contributed by atoms with E-state index in [1.807, 2.05) is 37.4 Å². The van der Waals surface area contributed by atoms with Crippen molar-refractivity contribution in [3.63, 3.8) is 0 Å². The molecule has 2 aromatic rings. The second-order valence-electron chi connectivity index (χ2n) is 4.05. The molecular weight excluding hydrogens is 212 g/mol. The van der Waals surface area contributed by atoms with Crippen LogP contribution in [0, 0.1) is 0 Å². The maximum absolute atomic E-state index is 12.2. The van der Waals surface area contributed by atoms with E-state index in [1.165, 1.54) is 0 Å². The number of hydrogen-bond acceptors (Lipinski definition) is 1. The number of fused-ring (bicyclic) bond motifs is 1. The molecule has 1 amide bonds. The molecule has 17 heavy (non-hydrogen) atoms. The number of carbonyl (C=O) groups is 1. The lowest BCUT2D eigenvalue weighted by atomic mass is 10.1. The number of rotatable bonds is 4. The lowest BCUT2D eigenvalue weighted by molar-refractivity contribution is 0.0799. The first kappa shape index (κ1) is 11.5. The van der Waals surface area contributed by atoms with Crippen LogP contribution >= 0.6 is 0 Å². The zero-order chi connectivity index (χ0) is 12.3. The van der Waals surface area contributed by atoms with Gasteiger partial charge in [-0.05, 0) is 12.5 Å². The zero-order valence-electron chi connectivity index (χ0n) is 9.94. The largest absolute Gasteiger partial charge is 0.360 e. The highest BCUT2D eigenvalue weighted by Crippen LogP contribution is 2.18. The average molecular weight is 228 g/mol. The normalized spacial score (nSPS) is 10.4. The topological polar surface area (TPSA) is 36.1 Å². The van der Waals surface area contributed by atoms with Crippen molar-refractivity contribution in [1.82, 2.24) is 9.88 Å². The molecule has 3 nitrogen and oxygen atoms in total. The average Bonchev–Trinajstić information content (AvgIpc) is 2.78. The second kappa shape index (κ2) is 4.87. The maximum atomic E-state index is 12.2. The minimum absolute atomic E-state index is 0.0456. The van der Waals surface area contributed by atoms with Crippen molar-refractivity contribution in [2.24, 2.45) is 0 Å². The van der Waals surface area contributed by atoms with Gasteiger partial charge in [-0.1, -0.05) is 24.3 Å². The number of hydrogen-bond donors (Lipinski definition) is 1. The van der Waals surface area contributed by atoms with E-state index in [2.05, 4.69) is 11.6 Å². The van der Waals surface area contributed by atoms with Crippen molar-refractivity contribution in [3.8, 4) is 0 Å². The molecule has 0 aliphatic rings. The van der Waals surface area contributed by atoms with Crippen LogP contribution in [0.15, 0.2) is 43.1 Å². The number of nitrogens with zero attached hydrogens (tertiary/aromatic N) is 1. The molecule has 0 spiro atoms. The summed E-state index contributed by atoms with van der Waals surface area (Å²) in [6.07, 6.45) is 4.40. The summed E-state index contributed by atoms with van der Waals surface area (Å²) in [5.74, 6) is 0.0456. The van der Waals surface area contributed by atoms with Crippen LogP contribution < -0.4 is 0 Å². The van der Waals surface area contributed by atoms with Crippen LogP contribution in [0.25, 0.3) is 10.9 Å². The van der Waals surface area contributed by atoms with Crippen molar-refractivity contribution >= 4 is 16.8 Å². The van der Waals surface area contributed by atoms with Crippen LogP contribution in [0.4, 0.5) is 0 Å². The highest BCUT2D eigenvalue weighted by molar-refractivity contribution is 6.06. The van der Waals surface area contributed by atoms with E-state index in [-0.39, 0.29) is 5.91 Å². The van der Waals surface area contributed by atoms with E-state index in [0.717, 1.165) is 22.9 Å². The monoisotopic (exact) mass is 228 g/mol. The molecule has 1 heterocycles. The molecule has 0 saturated heterocycles. The number of benzene rings is 1. The molecule has 0 bridgehead atoms. The van der Waals surface area contributed by atoms with Crippen molar-refractivity contribution in [1.29, 1.82) is 0 Å². The lowest BCUT2D eigenvalue weighted by Gasteiger charge is -2.15. The van der Waals surface area contributed by atoms with E-state index < -0.39 is 0 Å². The van der Waals surface area contributed by atoms with E-state index >= 15 is 0 Å². The molecular formula is C14H16N2O. The standard InChI is InChI=1S/C14H16N2O/c1-3-4-9-16(2)14(17)12-10-15-13-8-6-5-7-11(12)13/h3,5-8,10,15H,1,4,9H2,2H3. The molecule has 1 aromatic carbocycles. The molecule has 0 fully saturated rings. The first-order valence-electron chi connectivity index (χ1n) is 5.66. The summed E-state index contributed by atoms with van der Waals surface area (Å²) in [5, 5.41) is 0.975. The van der Waals surface area contributed by atoms with Gasteiger partial charge in [-0.2, -0.15) is 0 Å². The van der Waals surface area contributed by atoms with Gasteiger partial charge in [0.2, 0.25) is 0 Å². The lowest BCUT2D eigenvalue weighted by Crippen LogP contribution is -2.27. The number of aromatic nitrogens is 1. The number of aromatic amines is 1. The van der Waals surface area contributed by atoms with Gasteiger partial charge in [0, 0.05) is 30.7 Å². The van der Waals surface area contributed by atoms with Crippen molar-refractivity contribution in [2.75, 3.05) is 13.6 Å². The predicted octanol–water partition coefficient (Wildman–Crippen LogP) is 2.82. The number of amides is 1. The maximum Gasteiger partial charge on any atom is 0.255 e. The second-order valence-corrected chi connectivity index (χ2v) is 4.05. The third-order valence-corrected chi connectivity index (χ3v) is 2.83. The fourth-order valence-electron chi connectivity index (χ4n) is 1.84. The molecule has 88 valence electrons. The zero-order valence-corrected chi connectivity index (χ0v) is 9.94. The molecule has 0 aliphatic heterocycles. The highest BCUT2D eigenvalue weighted by atomic mass is 16.2. The Labute approximate surface area is 101 Å². The first-order valence-corrected chi connectivity index (χ1v) is 5.66. The molecule has 0 radical (unpaired) electrons. The number of para-hydroxylation sites is 1. The van der Waals surface area contributed by atoms with Crippen molar-refractivity contribution in [2.45, 2.75) is 6.42 Å². The molecule has 0 aliphatic carbocycles. The Morgan fingerprint density at radius 1 is 1.47 bits per heavy atom. The van der Waals surface area contributed by atoms with Crippen LogP contribution in [0.2, 0.25) is 0 Å². The van der Waals surface area contributed by atoms with Crippen LogP contribution in [-0.2, 0) is 0 Å². The van der Waals surface area contributed by atoms with Gasteiger partial charge in [-0.15, -0.1) is 6.58 Å². The Bertz CT molecular complexity index is 542. The van der Waals surface area contributed by atoms with Gasteiger partial charge in [0.05, 0.1) is 5.56 Å². The smallest absolute Gasteiger partial charge is 0.255 e. The van der Waals surface area contributed by atoms with E-state index in [1.54, 1.807) is 11.1 Å². The van der Waals surface area contributed by atoms with Crippen LogP contribution in [0.3, 0.4) is 0 Å². The molecule has 0 saturated carbocycles. The summed E-state index contributed by atoms with van der Waals surface area (Å²) in [4.78, 5) is 17.0. The summed E-state index contributed by atoms with van der Waals surface area (Å²) in [6.45, 7) is 4.36. The quantitative estimate of drug-likeness (QED) is 0.802. The van der Waals surface area contributed by atoms with Crippen LogP contribution in [0.1, 0.15) is 16.8 Å². The van der Waals surface area contributed by atoms with Gasteiger partial charge in [0.1, 0.15) is 0 Å². The summed E-state index contributed by atoms with van der Waals surface area (Å²) in [7, 11) is 1.81.